The number of fused-ring (bicyclic) bond motifs is 1. The van der Waals surface area contributed by atoms with Crippen molar-refractivity contribution in [3.8, 4) is 0 Å². The lowest BCUT2D eigenvalue weighted by molar-refractivity contribution is -0.116. The Morgan fingerprint density at radius 1 is 1.13 bits per heavy atom. The Hall–Kier alpha value is -3.17. The van der Waals surface area contributed by atoms with E-state index in [4.69, 9.17) is 4.74 Å². The Morgan fingerprint density at radius 3 is 2.61 bits per heavy atom. The first-order valence-corrected chi connectivity index (χ1v) is 10.6. The summed E-state index contributed by atoms with van der Waals surface area (Å²) >= 11 is 1.42. The molecule has 0 spiro atoms. The van der Waals surface area contributed by atoms with Crippen LogP contribution in [-0.2, 0) is 16.6 Å². The van der Waals surface area contributed by atoms with Crippen LogP contribution in [0, 0.1) is 0 Å². The first-order chi connectivity index (χ1) is 14.8. The fourth-order valence-electron chi connectivity index (χ4n) is 3.05. The summed E-state index contributed by atoms with van der Waals surface area (Å²) in [4.78, 5) is 39.1. The number of carbonyl (C=O) groups excluding carboxylic acids is 3. The summed E-state index contributed by atoms with van der Waals surface area (Å²) < 4.78 is 7.62. The molecule has 1 aromatic carbocycles. The van der Waals surface area contributed by atoms with E-state index in [9.17, 15) is 14.4 Å². The maximum atomic E-state index is 12.7. The van der Waals surface area contributed by atoms with Crippen LogP contribution in [0.25, 0.3) is 10.1 Å². The minimum absolute atomic E-state index is 0.0483. The molecule has 0 aliphatic carbocycles. The van der Waals surface area contributed by atoms with Crippen LogP contribution in [0.4, 0.5) is 11.5 Å². The summed E-state index contributed by atoms with van der Waals surface area (Å²) in [5, 5.41) is 6.58. The van der Waals surface area contributed by atoms with E-state index in [1.165, 1.54) is 16.2 Å². The van der Waals surface area contributed by atoms with Gasteiger partial charge in [0, 0.05) is 57.9 Å². The number of aryl methyl sites for hydroxylation is 1. The van der Waals surface area contributed by atoms with Gasteiger partial charge in [-0.05, 0) is 42.1 Å². The number of methoxy groups -OCH3 is 1. The van der Waals surface area contributed by atoms with Crippen LogP contribution in [0.15, 0.2) is 36.5 Å². The van der Waals surface area contributed by atoms with Crippen molar-refractivity contribution < 1.29 is 19.1 Å². The molecule has 3 amide bonds. The lowest BCUT2D eigenvalue weighted by Gasteiger charge is -2.06. The first kappa shape index (κ1) is 22.5. The molecule has 0 unspecified atom stereocenters. The highest BCUT2D eigenvalue weighted by atomic mass is 32.1. The summed E-state index contributed by atoms with van der Waals surface area (Å²) in [5.41, 5.74) is 1.07. The third-order valence-electron chi connectivity index (χ3n) is 4.68. The van der Waals surface area contributed by atoms with E-state index in [1.54, 1.807) is 45.1 Å². The second-order valence-electron chi connectivity index (χ2n) is 7.39. The monoisotopic (exact) mass is 442 g/mol. The number of nitrogens with one attached hydrogen (secondary N) is 2. The largest absolute Gasteiger partial charge is 0.385 e. The van der Waals surface area contributed by atoms with E-state index in [-0.39, 0.29) is 17.7 Å². The molecule has 0 aliphatic rings. The number of ether oxygens (including phenoxy) is 1. The topological polar surface area (TPSA) is 92.7 Å². The first-order valence-electron chi connectivity index (χ1n) is 9.80. The molecule has 2 heterocycles. The van der Waals surface area contributed by atoms with Crippen LogP contribution < -0.4 is 10.6 Å². The van der Waals surface area contributed by atoms with Crippen LogP contribution >= 0.6 is 11.3 Å². The normalized spacial score (nSPS) is 10.8. The summed E-state index contributed by atoms with van der Waals surface area (Å²) in [5.74, 6) is 0.0893. The molecule has 164 valence electrons. The lowest BCUT2D eigenvalue weighted by Crippen LogP contribution is -2.20. The number of thiophene rings is 1. The van der Waals surface area contributed by atoms with Crippen molar-refractivity contribution in [3.63, 3.8) is 0 Å². The molecule has 0 bridgehead atoms. The molecular weight excluding hydrogens is 416 g/mol. The van der Waals surface area contributed by atoms with Gasteiger partial charge in [-0.25, -0.2) is 0 Å². The predicted molar refractivity (Wildman–Crippen MR) is 123 cm³/mol. The summed E-state index contributed by atoms with van der Waals surface area (Å²) in [7, 11) is 6.80. The van der Waals surface area contributed by atoms with E-state index in [1.807, 2.05) is 24.3 Å². The zero-order chi connectivity index (χ0) is 22.5. The highest BCUT2D eigenvalue weighted by Crippen LogP contribution is 2.29. The van der Waals surface area contributed by atoms with E-state index < -0.39 is 0 Å². The van der Waals surface area contributed by atoms with Gasteiger partial charge >= 0.3 is 0 Å². The van der Waals surface area contributed by atoms with Gasteiger partial charge in [-0.1, -0.05) is 0 Å². The minimum Gasteiger partial charge on any atom is -0.385 e. The second kappa shape index (κ2) is 9.76. The van der Waals surface area contributed by atoms with Crippen LogP contribution in [-0.4, -0.2) is 55.0 Å². The lowest BCUT2D eigenvalue weighted by atomic mass is 10.2. The number of amides is 3. The van der Waals surface area contributed by atoms with E-state index in [2.05, 4.69) is 10.6 Å². The molecule has 0 radical (unpaired) electrons. The van der Waals surface area contributed by atoms with Gasteiger partial charge in [0.15, 0.2) is 0 Å². The molecule has 0 aliphatic heterocycles. The van der Waals surface area contributed by atoms with Crippen molar-refractivity contribution in [1.29, 1.82) is 0 Å². The number of aromatic nitrogens is 1. The number of nitrogens with zero attached hydrogens (tertiary/aromatic N) is 2. The van der Waals surface area contributed by atoms with E-state index >= 15 is 0 Å². The molecule has 3 aromatic rings. The molecule has 2 N–H and O–H groups in total. The molecule has 31 heavy (non-hydrogen) atoms. The SMILES string of the molecule is COCCCC(=O)Nc1cc(C(=O)Nc2ccc3sc(C(=O)N(C)C)cc3c2)cn1C. The fourth-order valence-corrected chi connectivity index (χ4v) is 4.11. The van der Waals surface area contributed by atoms with Crippen molar-refractivity contribution >= 4 is 50.6 Å². The standard InChI is InChI=1S/C22H26N4O4S/c1-25(2)22(29)18-11-14-10-16(7-8-17(14)31-18)23-21(28)15-12-19(26(3)13-15)24-20(27)6-5-9-30-4/h7-8,10-13H,5-6,9H2,1-4H3,(H,23,28)(H,24,27). The molecule has 0 atom stereocenters. The molecule has 9 heteroatoms. The Bertz CT molecular complexity index is 1120. The Labute approximate surface area is 184 Å². The van der Waals surface area contributed by atoms with Gasteiger partial charge in [0.25, 0.3) is 11.8 Å². The molecule has 0 saturated carbocycles. The molecule has 2 aromatic heterocycles. The van der Waals surface area contributed by atoms with E-state index in [0.717, 1.165) is 10.1 Å². The van der Waals surface area contributed by atoms with Gasteiger partial charge in [0.05, 0.1) is 10.4 Å². The third kappa shape index (κ3) is 5.50. The zero-order valence-corrected chi connectivity index (χ0v) is 18.8. The number of carbonyl (C=O) groups is 3. The number of anilines is 2. The van der Waals surface area contributed by atoms with Crippen molar-refractivity contribution in [3.05, 3.63) is 47.0 Å². The van der Waals surface area contributed by atoms with Gasteiger partial charge in [-0.3, -0.25) is 14.4 Å². The zero-order valence-electron chi connectivity index (χ0n) is 18.0. The average molecular weight is 443 g/mol. The van der Waals surface area contributed by atoms with Gasteiger partial charge in [0.1, 0.15) is 5.82 Å². The molecule has 3 rings (SSSR count). The maximum absolute atomic E-state index is 12.7. The smallest absolute Gasteiger partial charge is 0.263 e. The molecular formula is C22H26N4O4S. The number of rotatable bonds is 8. The molecule has 8 nitrogen and oxygen atoms in total. The number of hydrogen-bond donors (Lipinski definition) is 2. The third-order valence-corrected chi connectivity index (χ3v) is 5.78. The number of hydrogen-bond acceptors (Lipinski definition) is 5. The second-order valence-corrected chi connectivity index (χ2v) is 8.47. The van der Waals surface area contributed by atoms with Crippen molar-refractivity contribution in [2.24, 2.45) is 7.05 Å². The highest BCUT2D eigenvalue weighted by Gasteiger charge is 2.15. The van der Waals surface area contributed by atoms with Crippen molar-refractivity contribution in [2.75, 3.05) is 38.4 Å². The van der Waals surface area contributed by atoms with Crippen molar-refractivity contribution in [2.45, 2.75) is 12.8 Å². The van der Waals surface area contributed by atoms with Crippen molar-refractivity contribution in [1.82, 2.24) is 9.47 Å². The van der Waals surface area contributed by atoms with Gasteiger partial charge in [-0.2, -0.15) is 0 Å². The van der Waals surface area contributed by atoms with Gasteiger partial charge in [0.2, 0.25) is 5.91 Å². The van der Waals surface area contributed by atoms with Gasteiger partial charge in [-0.15, -0.1) is 11.3 Å². The van der Waals surface area contributed by atoms with Crippen LogP contribution in [0.1, 0.15) is 32.9 Å². The van der Waals surface area contributed by atoms with Crippen LogP contribution in [0.3, 0.4) is 0 Å². The Morgan fingerprint density at radius 2 is 1.90 bits per heavy atom. The summed E-state index contributed by atoms with van der Waals surface area (Å²) in [6.07, 6.45) is 2.64. The van der Waals surface area contributed by atoms with Crippen LogP contribution in [0.5, 0.6) is 0 Å². The maximum Gasteiger partial charge on any atom is 0.263 e. The van der Waals surface area contributed by atoms with E-state index in [0.29, 0.717) is 41.4 Å². The highest BCUT2D eigenvalue weighted by molar-refractivity contribution is 7.20. The minimum atomic E-state index is -0.283. The predicted octanol–water partition coefficient (Wildman–Crippen LogP) is 3.56. The summed E-state index contributed by atoms with van der Waals surface area (Å²) in [6, 6.07) is 9.01. The Kier molecular flexibility index (Phi) is 7.09. The van der Waals surface area contributed by atoms with Gasteiger partial charge < -0.3 is 24.8 Å². The molecule has 0 fully saturated rings. The number of benzene rings is 1. The Balaban J connectivity index is 1.69. The van der Waals surface area contributed by atoms with Crippen LogP contribution in [0.2, 0.25) is 0 Å². The average Bonchev–Trinajstić information content (AvgIpc) is 3.30. The molecule has 0 saturated heterocycles. The quantitative estimate of drug-likeness (QED) is 0.522. The summed E-state index contributed by atoms with van der Waals surface area (Å²) in [6.45, 7) is 0.521. The fraction of sp³-hybridized carbons (Fsp3) is 0.318.